The number of amides is 3. The highest BCUT2D eigenvalue weighted by Crippen LogP contribution is 2.18. The minimum Gasteiger partial charge on any atom is -0.484 e. The van der Waals surface area contributed by atoms with Crippen LogP contribution in [-0.4, -0.2) is 48.5 Å². The minimum absolute atomic E-state index is 0.0170. The van der Waals surface area contributed by atoms with Gasteiger partial charge in [0, 0.05) is 38.4 Å². The van der Waals surface area contributed by atoms with Crippen molar-refractivity contribution in [3.63, 3.8) is 0 Å². The number of urea groups is 1. The summed E-state index contributed by atoms with van der Waals surface area (Å²) in [5, 5.41) is 2.78. The molecule has 3 amide bonds. The summed E-state index contributed by atoms with van der Waals surface area (Å²) in [4.78, 5) is 27.7. The Kier molecular flexibility index (Phi) is 6.47. The zero-order valence-electron chi connectivity index (χ0n) is 15.9. The van der Waals surface area contributed by atoms with Crippen LogP contribution in [0.3, 0.4) is 0 Å². The average Bonchev–Trinajstić information content (AvgIpc) is 3.21. The van der Waals surface area contributed by atoms with Crippen molar-refractivity contribution in [3.05, 3.63) is 59.9 Å². The molecule has 0 aliphatic carbocycles. The Morgan fingerprint density at radius 3 is 2.64 bits per heavy atom. The first-order valence-corrected chi connectivity index (χ1v) is 9.28. The quantitative estimate of drug-likeness (QED) is 0.828. The molecule has 6 nitrogen and oxygen atoms in total. The summed E-state index contributed by atoms with van der Waals surface area (Å²) in [6, 6.07) is 12.7. The summed E-state index contributed by atoms with van der Waals surface area (Å²) in [6.07, 6.45) is 2.08. The van der Waals surface area contributed by atoms with Crippen molar-refractivity contribution in [2.24, 2.45) is 0 Å². The maximum atomic E-state index is 13.3. The lowest BCUT2D eigenvalue weighted by atomic mass is 10.2. The van der Waals surface area contributed by atoms with Crippen LogP contribution in [0.4, 0.5) is 14.9 Å². The van der Waals surface area contributed by atoms with Crippen molar-refractivity contribution in [3.8, 4) is 5.75 Å². The molecule has 0 bridgehead atoms. The fourth-order valence-corrected chi connectivity index (χ4v) is 3.07. The van der Waals surface area contributed by atoms with Crippen LogP contribution in [0, 0.1) is 5.82 Å². The molecule has 0 aromatic heterocycles. The number of halogens is 1. The number of anilines is 1. The molecule has 0 radical (unpaired) electrons. The van der Waals surface area contributed by atoms with Gasteiger partial charge in [-0.25, -0.2) is 9.18 Å². The third kappa shape index (κ3) is 5.45. The van der Waals surface area contributed by atoms with Gasteiger partial charge in [0.1, 0.15) is 11.6 Å². The lowest BCUT2D eigenvalue weighted by Crippen LogP contribution is -2.32. The van der Waals surface area contributed by atoms with E-state index in [0.29, 0.717) is 17.0 Å². The summed E-state index contributed by atoms with van der Waals surface area (Å²) in [5.41, 5.74) is 1.26. The van der Waals surface area contributed by atoms with Gasteiger partial charge in [-0.05, 0) is 42.7 Å². The molecule has 0 saturated carbocycles. The van der Waals surface area contributed by atoms with Gasteiger partial charge < -0.3 is 19.9 Å². The summed E-state index contributed by atoms with van der Waals surface area (Å²) >= 11 is 0. The normalized spacial score (nSPS) is 13.3. The van der Waals surface area contributed by atoms with E-state index in [2.05, 4.69) is 5.32 Å². The van der Waals surface area contributed by atoms with Gasteiger partial charge in [0.05, 0.1) is 0 Å². The first-order chi connectivity index (χ1) is 13.5. The molecule has 1 heterocycles. The van der Waals surface area contributed by atoms with Crippen LogP contribution < -0.4 is 10.1 Å². The van der Waals surface area contributed by atoms with Crippen LogP contribution in [-0.2, 0) is 11.3 Å². The Labute approximate surface area is 163 Å². The number of ether oxygens (including phenoxy) is 1. The molecular formula is C21H24FN3O3. The first-order valence-electron chi connectivity index (χ1n) is 9.28. The van der Waals surface area contributed by atoms with Crippen LogP contribution in [0.2, 0.25) is 0 Å². The second-order valence-electron chi connectivity index (χ2n) is 6.82. The molecule has 28 heavy (non-hydrogen) atoms. The highest BCUT2D eigenvalue weighted by Gasteiger charge is 2.18. The van der Waals surface area contributed by atoms with E-state index in [1.807, 2.05) is 0 Å². The monoisotopic (exact) mass is 385 g/mol. The van der Waals surface area contributed by atoms with E-state index < -0.39 is 0 Å². The fraction of sp³-hybridized carbons (Fsp3) is 0.333. The van der Waals surface area contributed by atoms with Crippen LogP contribution in [0.25, 0.3) is 0 Å². The van der Waals surface area contributed by atoms with Crippen LogP contribution in [0.1, 0.15) is 18.4 Å². The molecule has 2 aromatic carbocycles. The van der Waals surface area contributed by atoms with E-state index in [0.717, 1.165) is 25.9 Å². The molecule has 1 N–H and O–H groups in total. The van der Waals surface area contributed by atoms with E-state index in [4.69, 9.17) is 4.74 Å². The molecule has 2 aromatic rings. The highest BCUT2D eigenvalue weighted by molar-refractivity contribution is 5.89. The molecular weight excluding hydrogens is 361 g/mol. The Hall–Kier alpha value is -3.09. The molecule has 0 atom stereocenters. The zero-order chi connectivity index (χ0) is 19.9. The van der Waals surface area contributed by atoms with E-state index in [1.165, 1.54) is 17.0 Å². The van der Waals surface area contributed by atoms with Gasteiger partial charge in [-0.2, -0.15) is 0 Å². The van der Waals surface area contributed by atoms with Crippen LogP contribution >= 0.6 is 0 Å². The van der Waals surface area contributed by atoms with Gasteiger partial charge in [0.25, 0.3) is 5.91 Å². The summed E-state index contributed by atoms with van der Waals surface area (Å²) in [5.74, 6) is 0.152. The molecule has 1 aliphatic rings. The van der Waals surface area contributed by atoms with Crippen molar-refractivity contribution < 1.29 is 18.7 Å². The van der Waals surface area contributed by atoms with Gasteiger partial charge in [-0.15, -0.1) is 0 Å². The standard InChI is InChI=1S/C21H24FN3O3/c1-24(14-16-6-4-7-17(22)12-16)21(27)23-18-8-5-9-19(13-18)28-15-20(26)25-10-2-3-11-25/h4-9,12-13H,2-3,10-11,14-15H2,1H3,(H,23,27). The smallest absolute Gasteiger partial charge is 0.321 e. The number of hydrogen-bond donors (Lipinski definition) is 1. The Morgan fingerprint density at radius 1 is 1.14 bits per heavy atom. The third-order valence-corrected chi connectivity index (χ3v) is 4.56. The Bertz CT molecular complexity index is 837. The number of carbonyl (C=O) groups excluding carboxylic acids is 2. The van der Waals surface area contributed by atoms with Gasteiger partial charge in [-0.3, -0.25) is 4.79 Å². The molecule has 1 fully saturated rings. The van der Waals surface area contributed by atoms with E-state index in [1.54, 1.807) is 48.3 Å². The van der Waals surface area contributed by atoms with Gasteiger partial charge in [0.15, 0.2) is 6.61 Å². The number of nitrogens with one attached hydrogen (secondary N) is 1. The largest absolute Gasteiger partial charge is 0.484 e. The topological polar surface area (TPSA) is 61.9 Å². The van der Waals surface area contributed by atoms with Crippen LogP contribution in [0.5, 0.6) is 5.75 Å². The Morgan fingerprint density at radius 2 is 1.89 bits per heavy atom. The van der Waals surface area contributed by atoms with Crippen molar-refractivity contribution in [1.82, 2.24) is 9.80 Å². The lowest BCUT2D eigenvalue weighted by Gasteiger charge is -2.19. The summed E-state index contributed by atoms with van der Waals surface area (Å²) in [7, 11) is 1.63. The van der Waals surface area contributed by atoms with Crippen molar-refractivity contribution in [2.45, 2.75) is 19.4 Å². The number of hydrogen-bond acceptors (Lipinski definition) is 3. The maximum Gasteiger partial charge on any atom is 0.321 e. The molecule has 1 saturated heterocycles. The number of likely N-dealkylation sites (tertiary alicyclic amines) is 1. The highest BCUT2D eigenvalue weighted by atomic mass is 19.1. The second kappa shape index (κ2) is 9.21. The lowest BCUT2D eigenvalue weighted by molar-refractivity contribution is -0.132. The number of carbonyl (C=O) groups is 2. The maximum absolute atomic E-state index is 13.3. The van der Waals surface area contributed by atoms with Crippen molar-refractivity contribution in [1.29, 1.82) is 0 Å². The number of benzene rings is 2. The van der Waals surface area contributed by atoms with E-state index >= 15 is 0 Å². The molecule has 1 aliphatic heterocycles. The minimum atomic E-state index is -0.334. The molecule has 3 rings (SSSR count). The zero-order valence-corrected chi connectivity index (χ0v) is 15.9. The third-order valence-electron chi connectivity index (χ3n) is 4.56. The predicted molar refractivity (Wildman–Crippen MR) is 105 cm³/mol. The number of rotatable bonds is 6. The van der Waals surface area contributed by atoms with Crippen LogP contribution in [0.15, 0.2) is 48.5 Å². The van der Waals surface area contributed by atoms with E-state index in [-0.39, 0.29) is 30.9 Å². The molecule has 0 spiro atoms. The second-order valence-corrected chi connectivity index (χ2v) is 6.82. The predicted octanol–water partition coefficient (Wildman–Crippen LogP) is 3.49. The number of nitrogens with zero attached hydrogens (tertiary/aromatic N) is 2. The van der Waals surface area contributed by atoms with Gasteiger partial charge in [0.2, 0.25) is 0 Å². The molecule has 0 unspecified atom stereocenters. The summed E-state index contributed by atoms with van der Waals surface area (Å²) in [6.45, 7) is 1.84. The summed E-state index contributed by atoms with van der Waals surface area (Å²) < 4.78 is 18.9. The Balaban J connectivity index is 1.52. The first kappa shape index (κ1) is 19.7. The molecule has 148 valence electrons. The SMILES string of the molecule is CN(Cc1cccc(F)c1)C(=O)Nc1cccc(OCC(=O)N2CCCC2)c1. The van der Waals surface area contributed by atoms with Gasteiger partial charge in [-0.1, -0.05) is 18.2 Å². The average molecular weight is 385 g/mol. The fourth-order valence-electron chi connectivity index (χ4n) is 3.07. The molecule has 7 heteroatoms. The van der Waals surface area contributed by atoms with Crippen molar-refractivity contribution >= 4 is 17.6 Å². The van der Waals surface area contributed by atoms with Crippen molar-refractivity contribution in [2.75, 3.05) is 32.1 Å². The van der Waals surface area contributed by atoms with Gasteiger partial charge >= 0.3 is 6.03 Å². The van der Waals surface area contributed by atoms with E-state index in [9.17, 15) is 14.0 Å².